The summed E-state index contributed by atoms with van der Waals surface area (Å²) in [7, 11) is 0. The third-order valence-corrected chi connectivity index (χ3v) is 13.7. The van der Waals surface area contributed by atoms with Crippen LogP contribution in [0.25, 0.3) is 136 Å². The van der Waals surface area contributed by atoms with Gasteiger partial charge in [-0.25, -0.2) is 29.9 Å². The zero-order chi connectivity index (χ0) is 49.7. The Kier molecular flexibility index (Phi) is 10.6. The van der Waals surface area contributed by atoms with Crippen molar-refractivity contribution in [3.05, 3.63) is 231 Å². The first-order valence-electron chi connectivity index (χ1n) is 24.6. The lowest BCUT2D eigenvalue weighted by Gasteiger charge is -2.12. The molecule has 8 heterocycles. The first-order valence-corrected chi connectivity index (χ1v) is 24.6. The molecule has 0 radical (unpaired) electrons. The number of nitrogens with zero attached hydrogens (tertiary/aromatic N) is 12. The van der Waals surface area contributed by atoms with E-state index in [1.165, 1.54) is 21.7 Å². The molecule has 75 heavy (non-hydrogen) atoms. The molecule has 1 aliphatic carbocycles. The van der Waals surface area contributed by atoms with E-state index in [0.717, 1.165) is 84.5 Å². The second-order valence-electron chi connectivity index (χ2n) is 18.1. The third-order valence-electron chi connectivity index (χ3n) is 13.7. The van der Waals surface area contributed by atoms with E-state index in [1.807, 2.05) is 48.5 Å². The summed E-state index contributed by atoms with van der Waals surface area (Å²) >= 11 is 0. The third kappa shape index (κ3) is 7.90. The molecule has 0 saturated carbocycles. The van der Waals surface area contributed by atoms with Gasteiger partial charge >= 0.3 is 0 Å². The summed E-state index contributed by atoms with van der Waals surface area (Å²) in [5, 5.41) is 3.53. The van der Waals surface area contributed by atoms with Crippen LogP contribution in [0, 0.1) is 0 Å². The highest BCUT2D eigenvalue weighted by Crippen LogP contribution is 2.40. The molecule has 5 aromatic carbocycles. The fraction of sp³-hybridized carbons (Fsp3) is 0.0159. The van der Waals surface area contributed by atoms with E-state index in [0.29, 0.717) is 34.9 Å². The molecule has 8 aromatic heterocycles. The van der Waals surface area contributed by atoms with Crippen LogP contribution in [0.1, 0.15) is 17.7 Å². The van der Waals surface area contributed by atoms with Crippen LogP contribution in [0.3, 0.4) is 0 Å². The maximum atomic E-state index is 4.95. The Morgan fingerprint density at radius 2 is 0.653 bits per heavy atom. The van der Waals surface area contributed by atoms with Crippen molar-refractivity contribution < 1.29 is 0 Å². The molecule has 13 aromatic rings. The molecule has 0 saturated heterocycles. The summed E-state index contributed by atoms with van der Waals surface area (Å²) in [6.45, 7) is 0. The fourth-order valence-corrected chi connectivity index (χ4v) is 10.1. The number of hydrogen-bond donors (Lipinski definition) is 0. The smallest absolute Gasteiger partial charge is 0.164 e. The van der Waals surface area contributed by atoms with Crippen molar-refractivity contribution in [2.24, 2.45) is 0 Å². The summed E-state index contributed by atoms with van der Waals surface area (Å²) in [6.07, 6.45) is 23.8. The van der Waals surface area contributed by atoms with Crippen LogP contribution in [0.2, 0.25) is 0 Å². The Hall–Kier alpha value is -10.5. The van der Waals surface area contributed by atoms with Gasteiger partial charge in [-0.3, -0.25) is 19.9 Å². The van der Waals surface area contributed by atoms with Gasteiger partial charge in [-0.15, -0.1) is 0 Å². The van der Waals surface area contributed by atoms with Gasteiger partial charge in [-0.1, -0.05) is 48.6 Å². The maximum absolute atomic E-state index is 4.95. The molecule has 1 aliphatic rings. The SMILES string of the molecule is C1=Cc2c(n(-c3ccc(-c4nc(-c5ccncc5)nc(-c5ccncc5)n4)cc3)c3ccc(-c4ccc5c(c4)c4ccccc4n5-c4ccc(-c5nc(-c6ccncc6)nc(-c6ccncc6)n5)cc4)cc23)C=CC1. The van der Waals surface area contributed by atoms with E-state index in [1.54, 1.807) is 49.6 Å². The first-order chi connectivity index (χ1) is 37.2. The Balaban J connectivity index is 0.819. The van der Waals surface area contributed by atoms with Crippen molar-refractivity contribution in [3.63, 3.8) is 0 Å². The summed E-state index contributed by atoms with van der Waals surface area (Å²) < 4.78 is 4.69. The Morgan fingerprint density at radius 1 is 0.293 bits per heavy atom. The molecule has 0 amide bonds. The number of aromatic nitrogens is 12. The molecule has 12 nitrogen and oxygen atoms in total. The second kappa shape index (κ2) is 18.3. The van der Waals surface area contributed by atoms with Crippen LogP contribution in [0.5, 0.6) is 0 Å². The van der Waals surface area contributed by atoms with Gasteiger partial charge in [-0.05, 0) is 151 Å². The Bertz CT molecular complexity index is 4230. The fourth-order valence-electron chi connectivity index (χ4n) is 10.1. The minimum Gasteiger partial charge on any atom is -0.309 e. The number of para-hydroxylation sites is 1. The van der Waals surface area contributed by atoms with E-state index >= 15 is 0 Å². The number of hydrogen-bond acceptors (Lipinski definition) is 10. The van der Waals surface area contributed by atoms with Gasteiger partial charge in [0.1, 0.15) is 0 Å². The number of pyridine rings is 4. The zero-order valence-corrected chi connectivity index (χ0v) is 40.0. The molecule has 0 aliphatic heterocycles. The van der Waals surface area contributed by atoms with Gasteiger partial charge in [0.15, 0.2) is 34.9 Å². The standard InChI is InChI=1S/C63H40N12/c1-2-6-50-52-38-46(14-20-56(52)74(54(50)8-3-1)48-16-10-40(11-17-48)58-68-60(42-22-30-64-31-23-42)72-61(69-58)43-24-32-65-33-25-43)47-15-21-57-53(39-47)51-7-4-5-9-55(51)75(57)49-18-12-41(13-19-49)59-70-62(44-26-34-66-35-27-44)73-63(71-59)45-28-36-67-37-29-45/h2-39H,1H2. The van der Waals surface area contributed by atoms with Crippen molar-refractivity contribution in [1.29, 1.82) is 0 Å². The molecule has 0 unspecified atom stereocenters. The van der Waals surface area contributed by atoms with Crippen molar-refractivity contribution in [3.8, 4) is 90.8 Å². The first kappa shape index (κ1) is 43.3. The Morgan fingerprint density at radius 3 is 1.12 bits per heavy atom. The van der Waals surface area contributed by atoms with Crippen LogP contribution < -0.4 is 0 Å². The maximum Gasteiger partial charge on any atom is 0.164 e. The Labute approximate surface area is 429 Å². The van der Waals surface area contributed by atoms with Crippen molar-refractivity contribution in [1.82, 2.24) is 59.0 Å². The molecule has 0 bridgehead atoms. The van der Waals surface area contributed by atoms with Gasteiger partial charge in [0, 0.05) is 116 Å². The van der Waals surface area contributed by atoms with Gasteiger partial charge in [0.2, 0.25) is 0 Å². The lowest BCUT2D eigenvalue weighted by Crippen LogP contribution is -2.01. The predicted octanol–water partition coefficient (Wildman–Crippen LogP) is 13.8. The molecular weight excluding hydrogens is 925 g/mol. The van der Waals surface area contributed by atoms with Gasteiger partial charge in [0.25, 0.3) is 0 Å². The zero-order valence-electron chi connectivity index (χ0n) is 40.0. The number of rotatable bonds is 9. The van der Waals surface area contributed by atoms with Crippen molar-refractivity contribution in [2.75, 3.05) is 0 Å². The van der Waals surface area contributed by atoms with Gasteiger partial charge < -0.3 is 9.13 Å². The highest BCUT2D eigenvalue weighted by molar-refractivity contribution is 6.11. The quantitative estimate of drug-likeness (QED) is 0.137. The van der Waals surface area contributed by atoms with Gasteiger partial charge in [0.05, 0.1) is 22.2 Å². The van der Waals surface area contributed by atoms with Crippen LogP contribution in [-0.2, 0) is 0 Å². The number of allylic oxidation sites excluding steroid dienone is 2. The predicted molar refractivity (Wildman–Crippen MR) is 296 cm³/mol. The molecule has 0 atom stereocenters. The van der Waals surface area contributed by atoms with Crippen molar-refractivity contribution >= 4 is 44.9 Å². The van der Waals surface area contributed by atoms with Gasteiger partial charge in [-0.2, -0.15) is 0 Å². The minimum atomic E-state index is 0.577. The van der Waals surface area contributed by atoms with Crippen molar-refractivity contribution in [2.45, 2.75) is 6.42 Å². The largest absolute Gasteiger partial charge is 0.309 e. The molecule has 0 spiro atoms. The van der Waals surface area contributed by atoms with E-state index in [2.05, 4.69) is 163 Å². The highest BCUT2D eigenvalue weighted by atomic mass is 15.1. The topological polar surface area (TPSA) is 139 Å². The highest BCUT2D eigenvalue weighted by Gasteiger charge is 2.20. The molecule has 352 valence electrons. The molecular formula is C63H40N12. The minimum absolute atomic E-state index is 0.577. The molecule has 0 N–H and O–H groups in total. The lowest BCUT2D eigenvalue weighted by molar-refractivity contribution is 1.07. The average molecular weight is 965 g/mol. The molecule has 0 fully saturated rings. The van der Waals surface area contributed by atoms with E-state index in [9.17, 15) is 0 Å². The van der Waals surface area contributed by atoms with E-state index in [4.69, 9.17) is 29.9 Å². The van der Waals surface area contributed by atoms with Crippen LogP contribution >= 0.6 is 0 Å². The molecule has 12 heteroatoms. The van der Waals surface area contributed by atoms with E-state index in [-0.39, 0.29) is 0 Å². The normalized spacial score (nSPS) is 12.1. The van der Waals surface area contributed by atoms with Crippen LogP contribution in [0.15, 0.2) is 219 Å². The lowest BCUT2D eigenvalue weighted by atomic mass is 10.00. The van der Waals surface area contributed by atoms with E-state index < -0.39 is 0 Å². The number of benzene rings is 5. The summed E-state index contributed by atoms with van der Waals surface area (Å²) in [5.41, 5.74) is 15.2. The number of fused-ring (bicyclic) bond motifs is 6. The second-order valence-corrected chi connectivity index (χ2v) is 18.1. The molecule has 14 rings (SSSR count). The van der Waals surface area contributed by atoms with Crippen LogP contribution in [0.4, 0.5) is 0 Å². The summed E-state index contributed by atoms with van der Waals surface area (Å²) in [6, 6.07) is 54.5. The summed E-state index contributed by atoms with van der Waals surface area (Å²) in [4.78, 5) is 46.3. The summed E-state index contributed by atoms with van der Waals surface area (Å²) in [5.74, 6) is 3.48. The monoisotopic (exact) mass is 964 g/mol. The average Bonchev–Trinajstić information content (AvgIpc) is 3.86. The van der Waals surface area contributed by atoms with Crippen LogP contribution in [-0.4, -0.2) is 59.0 Å².